The Morgan fingerprint density at radius 3 is 2.25 bits per heavy atom. The maximum absolute atomic E-state index is 4.93. The average molecular weight is 298 g/mol. The lowest BCUT2D eigenvalue weighted by Gasteiger charge is -2.20. The molecule has 0 aliphatic carbocycles. The van der Waals surface area contributed by atoms with Gasteiger partial charge in [0.2, 0.25) is 0 Å². The van der Waals surface area contributed by atoms with Crippen LogP contribution >= 0.6 is 11.3 Å². The number of nitrogens with one attached hydrogen (secondary N) is 1. The number of nitrogens with zero attached hydrogens (tertiary/aromatic N) is 2. The number of hydrogen-bond donors (Lipinski definition) is 1. The van der Waals surface area contributed by atoms with E-state index in [4.69, 9.17) is 4.98 Å². The third-order valence-electron chi connectivity index (χ3n) is 3.61. The van der Waals surface area contributed by atoms with Gasteiger partial charge in [0.15, 0.2) is 5.13 Å². The minimum atomic E-state index is 0.145. The van der Waals surface area contributed by atoms with Crippen LogP contribution in [0.15, 0.2) is 0 Å². The van der Waals surface area contributed by atoms with Gasteiger partial charge in [-0.25, -0.2) is 4.98 Å². The fraction of sp³-hybridized carbons (Fsp3) is 0.812. The standard InChI is InChI=1S/C16H31N3S/c1-8-12(4)14-13(11-17-16(5,6)7)20-15(18-14)19(9-2)10-3/h12,17H,8-11H2,1-7H3. The summed E-state index contributed by atoms with van der Waals surface area (Å²) in [7, 11) is 0. The molecule has 1 unspecified atom stereocenters. The molecule has 1 N–H and O–H groups in total. The first kappa shape index (κ1) is 17.4. The molecule has 20 heavy (non-hydrogen) atoms. The molecule has 116 valence electrons. The van der Waals surface area contributed by atoms with E-state index in [1.807, 2.05) is 11.3 Å². The van der Waals surface area contributed by atoms with Gasteiger partial charge in [0.25, 0.3) is 0 Å². The maximum atomic E-state index is 4.93. The normalized spacial score (nSPS) is 13.6. The van der Waals surface area contributed by atoms with Crippen LogP contribution in [0.2, 0.25) is 0 Å². The van der Waals surface area contributed by atoms with Gasteiger partial charge >= 0.3 is 0 Å². The average Bonchev–Trinajstić information content (AvgIpc) is 2.80. The van der Waals surface area contributed by atoms with Crippen LogP contribution in [0.3, 0.4) is 0 Å². The summed E-state index contributed by atoms with van der Waals surface area (Å²) in [6.45, 7) is 18.5. The Kier molecular flexibility index (Phi) is 6.46. The molecule has 1 atom stereocenters. The molecule has 0 spiro atoms. The molecule has 0 aromatic carbocycles. The van der Waals surface area contributed by atoms with Crippen LogP contribution in [0, 0.1) is 0 Å². The minimum absolute atomic E-state index is 0.145. The highest BCUT2D eigenvalue weighted by atomic mass is 32.1. The van der Waals surface area contributed by atoms with Crippen LogP contribution in [0.5, 0.6) is 0 Å². The molecule has 1 rings (SSSR count). The molecule has 0 aliphatic heterocycles. The van der Waals surface area contributed by atoms with Crippen LogP contribution < -0.4 is 10.2 Å². The van der Waals surface area contributed by atoms with Crippen molar-refractivity contribution in [2.45, 2.75) is 72.9 Å². The molecule has 1 aromatic rings. The second kappa shape index (κ2) is 7.41. The molecule has 0 amide bonds. The van der Waals surface area contributed by atoms with Gasteiger partial charge in [-0.2, -0.15) is 0 Å². The van der Waals surface area contributed by atoms with Crippen molar-refractivity contribution in [3.05, 3.63) is 10.6 Å². The second-order valence-corrected chi connectivity index (χ2v) is 7.45. The van der Waals surface area contributed by atoms with E-state index >= 15 is 0 Å². The van der Waals surface area contributed by atoms with Gasteiger partial charge in [-0.05, 0) is 47.0 Å². The van der Waals surface area contributed by atoms with Crippen LogP contribution in [-0.2, 0) is 6.54 Å². The van der Waals surface area contributed by atoms with E-state index < -0.39 is 0 Å². The molecule has 3 nitrogen and oxygen atoms in total. The molecule has 0 radical (unpaired) electrons. The lowest BCUT2D eigenvalue weighted by molar-refractivity contribution is 0.424. The molecular weight excluding hydrogens is 266 g/mol. The highest BCUT2D eigenvalue weighted by Gasteiger charge is 2.19. The second-order valence-electron chi connectivity index (χ2n) is 6.39. The zero-order valence-electron chi connectivity index (χ0n) is 14.2. The highest BCUT2D eigenvalue weighted by Crippen LogP contribution is 2.32. The zero-order valence-corrected chi connectivity index (χ0v) is 15.0. The number of rotatable bonds is 7. The number of aromatic nitrogens is 1. The largest absolute Gasteiger partial charge is 0.349 e. The summed E-state index contributed by atoms with van der Waals surface area (Å²) in [5.74, 6) is 0.535. The Balaban J connectivity index is 3.00. The number of hydrogen-bond acceptors (Lipinski definition) is 4. The van der Waals surface area contributed by atoms with Crippen molar-refractivity contribution in [3.8, 4) is 0 Å². The topological polar surface area (TPSA) is 28.2 Å². The first-order chi connectivity index (χ1) is 9.32. The summed E-state index contributed by atoms with van der Waals surface area (Å²) in [6.07, 6.45) is 1.14. The molecular formula is C16H31N3S. The van der Waals surface area contributed by atoms with Gasteiger partial charge in [-0.3, -0.25) is 0 Å². The monoisotopic (exact) mass is 297 g/mol. The van der Waals surface area contributed by atoms with Crippen LogP contribution in [0.1, 0.15) is 71.4 Å². The van der Waals surface area contributed by atoms with E-state index in [1.54, 1.807) is 0 Å². The lowest BCUT2D eigenvalue weighted by Crippen LogP contribution is -2.35. The van der Waals surface area contributed by atoms with Crippen LogP contribution in [0.25, 0.3) is 0 Å². The summed E-state index contributed by atoms with van der Waals surface area (Å²) in [5, 5.41) is 4.77. The number of thiazole rings is 1. The lowest BCUT2D eigenvalue weighted by atomic mass is 10.0. The van der Waals surface area contributed by atoms with Crippen molar-refractivity contribution in [3.63, 3.8) is 0 Å². The van der Waals surface area contributed by atoms with Gasteiger partial charge in [0, 0.05) is 30.1 Å². The van der Waals surface area contributed by atoms with Crippen molar-refractivity contribution in [2.24, 2.45) is 0 Å². The molecule has 1 aromatic heterocycles. The van der Waals surface area contributed by atoms with E-state index in [0.29, 0.717) is 5.92 Å². The summed E-state index contributed by atoms with van der Waals surface area (Å²) >= 11 is 1.85. The van der Waals surface area contributed by atoms with Gasteiger partial charge in [-0.15, -0.1) is 11.3 Å². The summed E-state index contributed by atoms with van der Waals surface area (Å²) < 4.78 is 0. The minimum Gasteiger partial charge on any atom is -0.349 e. The first-order valence-electron chi connectivity index (χ1n) is 7.81. The summed E-state index contributed by atoms with van der Waals surface area (Å²) in [6, 6.07) is 0. The smallest absolute Gasteiger partial charge is 0.185 e. The number of anilines is 1. The van der Waals surface area contributed by atoms with Gasteiger partial charge in [-0.1, -0.05) is 13.8 Å². The molecule has 4 heteroatoms. The maximum Gasteiger partial charge on any atom is 0.185 e. The Labute approximate surface area is 128 Å². The quantitative estimate of drug-likeness (QED) is 0.809. The fourth-order valence-corrected chi connectivity index (χ4v) is 3.28. The Hall–Kier alpha value is -0.610. The molecule has 0 bridgehead atoms. The first-order valence-corrected chi connectivity index (χ1v) is 8.63. The molecule has 0 fully saturated rings. The van der Waals surface area contributed by atoms with Gasteiger partial charge < -0.3 is 10.2 Å². The van der Waals surface area contributed by atoms with E-state index in [0.717, 1.165) is 26.1 Å². The zero-order chi connectivity index (χ0) is 15.3. The third kappa shape index (κ3) is 4.74. The Bertz CT molecular complexity index is 402. The SMILES string of the molecule is CCC(C)c1nc(N(CC)CC)sc1CNC(C)(C)C. The predicted octanol–water partition coefficient (Wildman–Crippen LogP) is 4.39. The molecule has 0 saturated carbocycles. The van der Waals surface area contributed by atoms with Crippen molar-refractivity contribution >= 4 is 16.5 Å². The van der Waals surface area contributed by atoms with E-state index in [9.17, 15) is 0 Å². The summed E-state index contributed by atoms with van der Waals surface area (Å²) in [5.41, 5.74) is 1.43. The van der Waals surface area contributed by atoms with Crippen LogP contribution in [-0.4, -0.2) is 23.6 Å². The Morgan fingerprint density at radius 2 is 1.80 bits per heavy atom. The Morgan fingerprint density at radius 1 is 1.20 bits per heavy atom. The van der Waals surface area contributed by atoms with Crippen LogP contribution in [0.4, 0.5) is 5.13 Å². The van der Waals surface area contributed by atoms with Gasteiger partial charge in [0.1, 0.15) is 0 Å². The van der Waals surface area contributed by atoms with Crippen molar-refractivity contribution in [1.29, 1.82) is 0 Å². The molecule has 0 aliphatic rings. The third-order valence-corrected chi connectivity index (χ3v) is 4.74. The van der Waals surface area contributed by atoms with Gasteiger partial charge in [0.05, 0.1) is 5.69 Å². The molecule has 0 saturated heterocycles. The predicted molar refractivity (Wildman–Crippen MR) is 91.0 cm³/mol. The van der Waals surface area contributed by atoms with Crippen molar-refractivity contribution in [1.82, 2.24) is 10.3 Å². The fourth-order valence-electron chi connectivity index (χ4n) is 2.03. The van der Waals surface area contributed by atoms with E-state index in [1.165, 1.54) is 15.7 Å². The highest BCUT2D eigenvalue weighted by molar-refractivity contribution is 7.15. The van der Waals surface area contributed by atoms with E-state index in [2.05, 4.69) is 58.7 Å². The van der Waals surface area contributed by atoms with E-state index in [-0.39, 0.29) is 5.54 Å². The van der Waals surface area contributed by atoms with Crippen molar-refractivity contribution in [2.75, 3.05) is 18.0 Å². The summed E-state index contributed by atoms with van der Waals surface area (Å²) in [4.78, 5) is 8.67. The molecule has 1 heterocycles. The van der Waals surface area contributed by atoms with Crippen molar-refractivity contribution < 1.29 is 0 Å².